The van der Waals surface area contributed by atoms with Gasteiger partial charge in [0.2, 0.25) is 0 Å². The first kappa shape index (κ1) is 9.83. The Kier molecular flexibility index (Phi) is 1.88. The Morgan fingerprint density at radius 2 is 1.94 bits per heavy atom. The van der Waals surface area contributed by atoms with Crippen molar-refractivity contribution in [2.75, 3.05) is 0 Å². The fraction of sp³-hybridized carbons (Fsp3) is 0.400. The first-order valence-electron chi connectivity index (χ1n) is 5.98. The highest BCUT2D eigenvalue weighted by atomic mass is 16.1. The number of aryl methyl sites for hydroxylation is 1. The number of benzene rings is 1. The van der Waals surface area contributed by atoms with E-state index < -0.39 is 0 Å². The molecule has 82 valence electrons. The normalized spacial score (nSPS) is 20.8. The number of allylic oxidation sites excluding steroid dienone is 1. The highest BCUT2D eigenvalue weighted by Gasteiger charge is 2.34. The third-order valence-corrected chi connectivity index (χ3v) is 4.02. The average molecular weight is 212 g/mol. The van der Waals surface area contributed by atoms with E-state index in [0.29, 0.717) is 0 Å². The molecule has 0 saturated carbocycles. The Hall–Kier alpha value is -1.37. The zero-order chi connectivity index (χ0) is 11.3. The molecule has 0 aromatic heterocycles. The van der Waals surface area contributed by atoms with Crippen molar-refractivity contribution in [2.45, 2.75) is 38.5 Å². The molecule has 2 aliphatic carbocycles. The SMILES string of the molecule is CC1(C)C(=O)C=Cc2c1ccc1c2CCC1. The molecule has 1 aromatic rings. The molecule has 1 nitrogen and oxygen atoms in total. The number of hydrogen-bond donors (Lipinski definition) is 0. The van der Waals surface area contributed by atoms with Gasteiger partial charge in [-0.1, -0.05) is 18.2 Å². The zero-order valence-corrected chi connectivity index (χ0v) is 9.84. The van der Waals surface area contributed by atoms with E-state index in [1.807, 2.05) is 19.9 Å². The van der Waals surface area contributed by atoms with Gasteiger partial charge in [-0.3, -0.25) is 4.79 Å². The van der Waals surface area contributed by atoms with Crippen LogP contribution in [0.25, 0.3) is 6.08 Å². The quantitative estimate of drug-likeness (QED) is 0.646. The predicted octanol–water partition coefficient (Wildman–Crippen LogP) is 3.05. The second kappa shape index (κ2) is 3.07. The van der Waals surface area contributed by atoms with E-state index in [4.69, 9.17) is 0 Å². The van der Waals surface area contributed by atoms with Crippen molar-refractivity contribution in [3.05, 3.63) is 40.5 Å². The summed E-state index contributed by atoms with van der Waals surface area (Å²) >= 11 is 0. The van der Waals surface area contributed by atoms with Crippen LogP contribution in [0.2, 0.25) is 0 Å². The molecule has 0 amide bonds. The van der Waals surface area contributed by atoms with Gasteiger partial charge < -0.3 is 0 Å². The van der Waals surface area contributed by atoms with Crippen LogP contribution in [0.15, 0.2) is 18.2 Å². The standard InChI is InChI=1S/C15H16O/c1-15(2)13-8-6-10-4-3-5-11(10)12(13)7-9-14(15)16/h6-9H,3-5H2,1-2H3. The minimum Gasteiger partial charge on any atom is -0.294 e. The number of ketones is 1. The van der Waals surface area contributed by atoms with E-state index >= 15 is 0 Å². The van der Waals surface area contributed by atoms with Gasteiger partial charge in [0.05, 0.1) is 5.41 Å². The van der Waals surface area contributed by atoms with Gasteiger partial charge in [-0.15, -0.1) is 0 Å². The Labute approximate surface area is 96.2 Å². The van der Waals surface area contributed by atoms with Crippen LogP contribution in [0.1, 0.15) is 42.5 Å². The summed E-state index contributed by atoms with van der Waals surface area (Å²) in [7, 11) is 0. The number of rotatable bonds is 0. The van der Waals surface area contributed by atoms with E-state index in [9.17, 15) is 4.79 Å². The van der Waals surface area contributed by atoms with Crippen molar-refractivity contribution in [3.8, 4) is 0 Å². The maximum atomic E-state index is 11.9. The van der Waals surface area contributed by atoms with Crippen molar-refractivity contribution in [1.82, 2.24) is 0 Å². The molecule has 0 spiro atoms. The van der Waals surface area contributed by atoms with E-state index in [1.165, 1.54) is 41.5 Å². The first-order valence-corrected chi connectivity index (χ1v) is 5.98. The minimum atomic E-state index is -0.346. The number of fused-ring (bicyclic) bond motifs is 3. The van der Waals surface area contributed by atoms with E-state index in [0.717, 1.165) is 0 Å². The predicted molar refractivity (Wildman–Crippen MR) is 65.5 cm³/mol. The molecule has 0 heterocycles. The third kappa shape index (κ3) is 1.14. The van der Waals surface area contributed by atoms with Crippen molar-refractivity contribution in [2.24, 2.45) is 0 Å². The maximum absolute atomic E-state index is 11.9. The summed E-state index contributed by atoms with van der Waals surface area (Å²) in [5, 5.41) is 0. The van der Waals surface area contributed by atoms with Gasteiger partial charge in [0.25, 0.3) is 0 Å². The first-order chi connectivity index (χ1) is 7.60. The molecular weight excluding hydrogens is 196 g/mol. The van der Waals surface area contributed by atoms with Gasteiger partial charge in [-0.25, -0.2) is 0 Å². The fourth-order valence-electron chi connectivity index (χ4n) is 2.93. The summed E-state index contributed by atoms with van der Waals surface area (Å²) in [6.07, 6.45) is 7.40. The summed E-state index contributed by atoms with van der Waals surface area (Å²) in [5.41, 5.74) is 5.14. The van der Waals surface area contributed by atoms with Crippen LogP contribution in [0.5, 0.6) is 0 Å². The van der Waals surface area contributed by atoms with Crippen molar-refractivity contribution in [1.29, 1.82) is 0 Å². The molecule has 0 unspecified atom stereocenters. The third-order valence-electron chi connectivity index (χ3n) is 4.02. The molecule has 1 aromatic carbocycles. The Morgan fingerprint density at radius 1 is 1.12 bits per heavy atom. The smallest absolute Gasteiger partial charge is 0.165 e. The maximum Gasteiger partial charge on any atom is 0.165 e. The largest absolute Gasteiger partial charge is 0.294 e. The molecule has 0 radical (unpaired) electrons. The van der Waals surface area contributed by atoms with Gasteiger partial charge >= 0.3 is 0 Å². The van der Waals surface area contributed by atoms with Crippen molar-refractivity contribution in [3.63, 3.8) is 0 Å². The average Bonchev–Trinajstić information content (AvgIpc) is 2.71. The molecule has 0 aliphatic heterocycles. The summed E-state index contributed by atoms with van der Waals surface area (Å²) in [6.45, 7) is 4.05. The van der Waals surface area contributed by atoms with Crippen LogP contribution in [-0.4, -0.2) is 5.78 Å². The Bertz CT molecular complexity index is 506. The molecule has 16 heavy (non-hydrogen) atoms. The highest BCUT2D eigenvalue weighted by Crippen LogP contribution is 2.38. The fourth-order valence-corrected chi connectivity index (χ4v) is 2.93. The lowest BCUT2D eigenvalue weighted by atomic mass is 9.73. The van der Waals surface area contributed by atoms with Gasteiger partial charge in [0.1, 0.15) is 0 Å². The lowest BCUT2D eigenvalue weighted by molar-refractivity contribution is -0.118. The van der Waals surface area contributed by atoms with Gasteiger partial charge in [0, 0.05) is 0 Å². The van der Waals surface area contributed by atoms with Crippen molar-refractivity contribution < 1.29 is 4.79 Å². The summed E-state index contributed by atoms with van der Waals surface area (Å²) in [4.78, 5) is 11.9. The van der Waals surface area contributed by atoms with E-state index in [1.54, 1.807) is 6.08 Å². The number of hydrogen-bond acceptors (Lipinski definition) is 1. The summed E-state index contributed by atoms with van der Waals surface area (Å²) in [5.74, 6) is 0.220. The van der Waals surface area contributed by atoms with Crippen molar-refractivity contribution >= 4 is 11.9 Å². The molecule has 0 atom stereocenters. The van der Waals surface area contributed by atoms with E-state index in [-0.39, 0.29) is 11.2 Å². The molecule has 0 saturated heterocycles. The van der Waals surface area contributed by atoms with Gasteiger partial charge in [-0.2, -0.15) is 0 Å². The van der Waals surface area contributed by atoms with Gasteiger partial charge in [-0.05, 0) is 61.4 Å². The molecule has 3 rings (SSSR count). The summed E-state index contributed by atoms with van der Waals surface area (Å²) in [6, 6.07) is 4.37. The van der Waals surface area contributed by atoms with Crippen LogP contribution in [0, 0.1) is 0 Å². The van der Waals surface area contributed by atoms with Gasteiger partial charge in [0.15, 0.2) is 5.78 Å². The Balaban J connectivity index is 2.29. The summed E-state index contributed by atoms with van der Waals surface area (Å²) < 4.78 is 0. The lowest BCUT2D eigenvalue weighted by Gasteiger charge is -2.29. The monoisotopic (exact) mass is 212 g/mol. The number of carbonyl (C=O) groups is 1. The Morgan fingerprint density at radius 3 is 2.75 bits per heavy atom. The second-order valence-corrected chi connectivity index (χ2v) is 5.34. The van der Waals surface area contributed by atoms with Crippen LogP contribution < -0.4 is 0 Å². The zero-order valence-electron chi connectivity index (χ0n) is 9.84. The van der Waals surface area contributed by atoms with Crippen LogP contribution in [-0.2, 0) is 23.1 Å². The topological polar surface area (TPSA) is 17.1 Å². The highest BCUT2D eigenvalue weighted by molar-refractivity contribution is 6.04. The van der Waals surface area contributed by atoms with Crippen LogP contribution >= 0.6 is 0 Å². The lowest BCUT2D eigenvalue weighted by Crippen LogP contribution is -2.31. The minimum absolute atomic E-state index is 0.220. The molecule has 0 N–H and O–H groups in total. The molecule has 2 aliphatic rings. The second-order valence-electron chi connectivity index (χ2n) is 5.34. The van der Waals surface area contributed by atoms with Crippen LogP contribution in [0.3, 0.4) is 0 Å². The molecule has 1 heteroatoms. The molecular formula is C15H16O. The van der Waals surface area contributed by atoms with E-state index in [2.05, 4.69) is 12.1 Å². The number of carbonyl (C=O) groups excluding carboxylic acids is 1. The molecule has 0 fully saturated rings. The molecule has 0 bridgehead atoms. The van der Waals surface area contributed by atoms with Crippen LogP contribution in [0.4, 0.5) is 0 Å².